The number of sulfonamides is 1. The van der Waals surface area contributed by atoms with E-state index in [1.165, 1.54) is 12.1 Å². The van der Waals surface area contributed by atoms with E-state index in [4.69, 9.17) is 9.47 Å². The molecule has 0 spiro atoms. The Morgan fingerprint density at radius 2 is 1.77 bits per heavy atom. The molecule has 48 heavy (non-hydrogen) atoms. The molecule has 0 saturated heterocycles. The molecule has 1 atom stereocenters. The summed E-state index contributed by atoms with van der Waals surface area (Å²) in [5, 5.41) is 0. The fourth-order valence-corrected chi connectivity index (χ4v) is 6.68. The summed E-state index contributed by atoms with van der Waals surface area (Å²) in [4.78, 5) is 36.2. The first-order valence-corrected chi connectivity index (χ1v) is 17.3. The van der Waals surface area contributed by atoms with Crippen molar-refractivity contribution in [1.29, 1.82) is 0 Å². The number of carbonyl (C=O) groups excluding carboxylic acids is 1. The fraction of sp³-hybridized carbons (Fsp3) is 0.400. The number of likely N-dealkylation sites (N-methyl/N-ethyl adjacent to an activating group) is 1. The molecule has 0 saturated carbocycles. The molecule has 4 aromatic rings. The van der Waals surface area contributed by atoms with Crippen LogP contribution in [0.2, 0.25) is 0 Å². The lowest BCUT2D eigenvalue weighted by Crippen LogP contribution is -2.45. The molecule has 3 heterocycles. The SMILES string of the molecule is COCCN(C)c1cnc(CN2C(=O)c3cccc(c3)S(=O)(=O)Nc3nc(cc(-c4c(C)cccc4C)n3)OC[C@H]2CC(C)(C)C)cn1. The summed E-state index contributed by atoms with van der Waals surface area (Å²) < 4.78 is 41.3. The van der Waals surface area contributed by atoms with Gasteiger partial charge < -0.3 is 19.3 Å². The Morgan fingerprint density at radius 1 is 1.04 bits per heavy atom. The van der Waals surface area contributed by atoms with E-state index in [1.807, 2.05) is 44.0 Å². The number of methoxy groups -OCH3 is 1. The monoisotopic (exact) mass is 673 g/mol. The number of anilines is 2. The predicted molar refractivity (Wildman–Crippen MR) is 185 cm³/mol. The van der Waals surface area contributed by atoms with Crippen molar-refractivity contribution in [1.82, 2.24) is 24.8 Å². The molecule has 254 valence electrons. The Kier molecular flexibility index (Phi) is 10.3. The molecule has 2 aromatic carbocycles. The van der Waals surface area contributed by atoms with Crippen LogP contribution in [0, 0.1) is 19.3 Å². The number of ether oxygens (including phenoxy) is 2. The number of aromatic nitrogens is 4. The van der Waals surface area contributed by atoms with E-state index in [9.17, 15) is 13.2 Å². The van der Waals surface area contributed by atoms with Crippen LogP contribution in [-0.2, 0) is 21.3 Å². The molecular formula is C35H43N7O5S. The minimum atomic E-state index is -4.18. The van der Waals surface area contributed by atoms with Crippen LogP contribution in [0.25, 0.3) is 11.3 Å². The third-order valence-electron chi connectivity index (χ3n) is 8.08. The van der Waals surface area contributed by atoms with Gasteiger partial charge in [-0.15, -0.1) is 0 Å². The van der Waals surface area contributed by atoms with Crippen LogP contribution in [0.3, 0.4) is 0 Å². The number of hydrogen-bond acceptors (Lipinski definition) is 10. The lowest BCUT2D eigenvalue weighted by Gasteiger charge is -2.35. The van der Waals surface area contributed by atoms with E-state index in [1.54, 1.807) is 42.6 Å². The molecule has 0 aliphatic carbocycles. The maximum Gasteiger partial charge on any atom is 0.264 e. The number of nitrogens with one attached hydrogen (secondary N) is 1. The van der Waals surface area contributed by atoms with Gasteiger partial charge in [-0.2, -0.15) is 4.98 Å². The fourth-order valence-electron chi connectivity index (χ4n) is 5.69. The van der Waals surface area contributed by atoms with Crippen molar-refractivity contribution in [3.8, 4) is 17.1 Å². The molecule has 13 heteroatoms. The van der Waals surface area contributed by atoms with Gasteiger partial charge in [0, 0.05) is 37.9 Å². The first-order valence-electron chi connectivity index (χ1n) is 15.8. The van der Waals surface area contributed by atoms with Crippen molar-refractivity contribution >= 4 is 27.7 Å². The smallest absolute Gasteiger partial charge is 0.264 e. The summed E-state index contributed by atoms with van der Waals surface area (Å²) in [5.74, 6) is 0.365. The van der Waals surface area contributed by atoms with E-state index >= 15 is 0 Å². The maximum atomic E-state index is 14.4. The van der Waals surface area contributed by atoms with Crippen LogP contribution < -0.4 is 14.4 Å². The highest BCUT2D eigenvalue weighted by Crippen LogP contribution is 2.31. The Hall–Kier alpha value is -4.62. The van der Waals surface area contributed by atoms with Gasteiger partial charge in [-0.3, -0.25) is 9.78 Å². The zero-order chi connectivity index (χ0) is 34.6. The number of aryl methyl sites for hydroxylation is 2. The van der Waals surface area contributed by atoms with Crippen LogP contribution >= 0.6 is 0 Å². The minimum absolute atomic E-state index is 0.0867. The highest BCUT2D eigenvalue weighted by atomic mass is 32.2. The first kappa shape index (κ1) is 34.7. The van der Waals surface area contributed by atoms with Gasteiger partial charge in [-0.05, 0) is 55.0 Å². The molecule has 0 fully saturated rings. The van der Waals surface area contributed by atoms with E-state index in [0.717, 1.165) is 16.7 Å². The summed E-state index contributed by atoms with van der Waals surface area (Å²) in [6.07, 6.45) is 3.89. The van der Waals surface area contributed by atoms with Gasteiger partial charge in [0.25, 0.3) is 15.9 Å². The second-order valence-electron chi connectivity index (χ2n) is 13.3. The van der Waals surface area contributed by atoms with Crippen molar-refractivity contribution in [2.75, 3.05) is 43.5 Å². The highest BCUT2D eigenvalue weighted by molar-refractivity contribution is 7.92. The Bertz CT molecular complexity index is 1860. The first-order chi connectivity index (χ1) is 22.7. The second-order valence-corrected chi connectivity index (χ2v) is 14.9. The lowest BCUT2D eigenvalue weighted by atomic mass is 9.87. The van der Waals surface area contributed by atoms with Gasteiger partial charge >= 0.3 is 0 Å². The Morgan fingerprint density at radius 3 is 2.44 bits per heavy atom. The zero-order valence-electron chi connectivity index (χ0n) is 28.5. The third-order valence-corrected chi connectivity index (χ3v) is 9.40. The molecule has 4 bridgehead atoms. The van der Waals surface area contributed by atoms with E-state index in [2.05, 4.69) is 45.4 Å². The number of benzene rings is 2. The summed E-state index contributed by atoms with van der Waals surface area (Å²) in [5.41, 5.74) is 3.90. The topological polar surface area (TPSA) is 140 Å². The van der Waals surface area contributed by atoms with E-state index < -0.39 is 16.1 Å². The molecule has 1 aliphatic heterocycles. The van der Waals surface area contributed by atoms with Crippen molar-refractivity contribution in [3.63, 3.8) is 0 Å². The quantitative estimate of drug-likeness (QED) is 0.263. The molecule has 1 amide bonds. The van der Waals surface area contributed by atoms with Gasteiger partial charge in [0.2, 0.25) is 11.8 Å². The van der Waals surface area contributed by atoms with Gasteiger partial charge in [0.05, 0.1) is 47.9 Å². The number of nitrogens with zero attached hydrogens (tertiary/aromatic N) is 6. The van der Waals surface area contributed by atoms with Crippen LogP contribution in [0.1, 0.15) is 54.4 Å². The molecule has 1 N–H and O–H groups in total. The molecule has 0 unspecified atom stereocenters. The van der Waals surface area contributed by atoms with Crippen molar-refractivity contribution < 1.29 is 22.7 Å². The van der Waals surface area contributed by atoms with E-state index in [-0.39, 0.29) is 46.8 Å². The van der Waals surface area contributed by atoms with Crippen LogP contribution in [0.5, 0.6) is 5.88 Å². The van der Waals surface area contributed by atoms with Crippen molar-refractivity contribution in [3.05, 3.63) is 83.3 Å². The average Bonchev–Trinajstić information content (AvgIpc) is 3.03. The van der Waals surface area contributed by atoms with Crippen LogP contribution in [0.15, 0.2) is 65.8 Å². The Balaban J connectivity index is 1.61. The number of rotatable bonds is 8. The molecule has 2 aromatic heterocycles. The summed E-state index contributed by atoms with van der Waals surface area (Å²) in [7, 11) is -0.627. The maximum absolute atomic E-state index is 14.4. The van der Waals surface area contributed by atoms with Gasteiger partial charge in [0.15, 0.2) is 0 Å². The summed E-state index contributed by atoms with van der Waals surface area (Å²) in [6, 6.07) is 13.1. The number of amides is 1. The van der Waals surface area contributed by atoms with E-state index in [0.29, 0.717) is 36.8 Å². The zero-order valence-corrected chi connectivity index (χ0v) is 29.3. The van der Waals surface area contributed by atoms with Gasteiger partial charge in [0.1, 0.15) is 12.4 Å². The molecule has 5 rings (SSSR count). The number of hydrogen-bond donors (Lipinski definition) is 1. The van der Waals surface area contributed by atoms with Gasteiger partial charge in [-0.1, -0.05) is 45.0 Å². The normalized spacial score (nSPS) is 16.2. The molecular weight excluding hydrogens is 630 g/mol. The second kappa shape index (κ2) is 14.2. The minimum Gasteiger partial charge on any atom is -0.475 e. The molecule has 1 aliphatic rings. The standard InChI is InChI=1S/C35H43N7O5S/c1-23-10-8-11-24(2)32(23)29-17-31-39-34(38-29)40-48(44,45)28-13-9-12-25(16-28)33(43)42(27(22-47-31)18-35(3,4)5)21-26-19-37-30(20-36-26)41(6)14-15-46-7/h8-13,16-17,19-20,27H,14-15,18,21-22H2,1-7H3,(H,38,39,40)/t27-/m1/s1. The summed E-state index contributed by atoms with van der Waals surface area (Å²) >= 11 is 0. The van der Waals surface area contributed by atoms with Gasteiger partial charge in [-0.25, -0.2) is 23.1 Å². The Labute approximate surface area is 282 Å². The largest absolute Gasteiger partial charge is 0.475 e. The van der Waals surface area contributed by atoms with Crippen LogP contribution in [0.4, 0.5) is 11.8 Å². The number of fused-ring (bicyclic) bond motifs is 4. The van der Waals surface area contributed by atoms with Crippen molar-refractivity contribution in [2.45, 2.75) is 58.5 Å². The molecule has 12 nitrogen and oxygen atoms in total. The average molecular weight is 674 g/mol. The highest BCUT2D eigenvalue weighted by Gasteiger charge is 2.32. The number of carbonyl (C=O) groups is 1. The molecule has 0 radical (unpaired) electrons. The third kappa shape index (κ3) is 8.26. The van der Waals surface area contributed by atoms with Crippen LogP contribution in [-0.4, -0.2) is 79.1 Å². The predicted octanol–water partition coefficient (Wildman–Crippen LogP) is 5.27. The van der Waals surface area contributed by atoms with Crippen molar-refractivity contribution in [2.24, 2.45) is 5.41 Å². The lowest BCUT2D eigenvalue weighted by molar-refractivity contribution is 0.0509. The summed E-state index contributed by atoms with van der Waals surface area (Å²) in [6.45, 7) is 11.6.